The highest BCUT2D eigenvalue weighted by molar-refractivity contribution is 7.55. The number of hydrogen-bond acceptors (Lipinski definition) is 4. The molecule has 0 aromatic heterocycles. The van der Waals surface area contributed by atoms with Crippen LogP contribution in [0, 0.1) is 5.92 Å². The van der Waals surface area contributed by atoms with Gasteiger partial charge in [-0.1, -0.05) is 66.0 Å². The normalized spacial score (nSPS) is 23.4. The summed E-state index contributed by atoms with van der Waals surface area (Å²) in [6.45, 7) is 11.2. The molecule has 0 saturated heterocycles. The molecule has 7 heteroatoms. The van der Waals surface area contributed by atoms with Crippen LogP contribution in [0.1, 0.15) is 77.8 Å². The average Bonchev–Trinajstić information content (AvgIpc) is 2.65. The van der Waals surface area contributed by atoms with Crippen molar-refractivity contribution >= 4 is 13.8 Å². The third-order valence-corrected chi connectivity index (χ3v) is 7.65. The number of fused-ring (bicyclic) bond motifs is 1. The summed E-state index contributed by atoms with van der Waals surface area (Å²) >= 11 is 0. The van der Waals surface area contributed by atoms with Gasteiger partial charge in [-0.2, -0.15) is 4.67 Å². The molecule has 1 aliphatic carbocycles. The molecule has 0 bridgehead atoms. The van der Waals surface area contributed by atoms with Crippen molar-refractivity contribution in [2.75, 3.05) is 6.61 Å². The topological polar surface area (TPSA) is 67.9 Å². The molecule has 1 atom stereocenters. The predicted octanol–water partition coefficient (Wildman–Crippen LogP) is 6.00. The molecule has 1 saturated carbocycles. The minimum Gasteiger partial charge on any atom is -0.449 e. The molecule has 2 aliphatic rings. The van der Waals surface area contributed by atoms with Gasteiger partial charge in [-0.25, -0.2) is 14.4 Å². The first-order valence-electron chi connectivity index (χ1n) is 10.7. The zero-order valence-electron chi connectivity index (χ0n) is 18.4. The number of ether oxygens (including phenoxy) is 1. The van der Waals surface area contributed by atoms with E-state index in [4.69, 9.17) is 9.26 Å². The fourth-order valence-electron chi connectivity index (χ4n) is 3.91. The number of amides is 1. The largest absolute Gasteiger partial charge is 0.449 e. The van der Waals surface area contributed by atoms with Crippen LogP contribution in [-0.4, -0.2) is 23.4 Å². The molecule has 1 aromatic rings. The van der Waals surface area contributed by atoms with E-state index in [1.54, 1.807) is 0 Å². The van der Waals surface area contributed by atoms with Gasteiger partial charge in [0, 0.05) is 18.2 Å². The van der Waals surface area contributed by atoms with Crippen molar-refractivity contribution in [3.05, 3.63) is 29.3 Å². The summed E-state index contributed by atoms with van der Waals surface area (Å²) in [5.41, 5.74) is 2.25. The van der Waals surface area contributed by atoms with Gasteiger partial charge in [0.25, 0.3) is 0 Å². The molecule has 3 rings (SSSR count). The van der Waals surface area contributed by atoms with Gasteiger partial charge in [0.05, 0.1) is 6.61 Å². The number of nitrogens with one attached hydrogen (secondary N) is 1. The van der Waals surface area contributed by atoms with E-state index in [0.717, 1.165) is 31.2 Å². The Kier molecular flexibility index (Phi) is 6.64. The Bertz CT molecular complexity index is 782. The minimum atomic E-state index is -3.59. The maximum Gasteiger partial charge on any atom is 0.425 e. The van der Waals surface area contributed by atoms with Crippen LogP contribution in [0.15, 0.2) is 18.2 Å². The molecular formula is C22H35N2O4P. The third kappa shape index (κ3) is 5.35. The van der Waals surface area contributed by atoms with Crippen molar-refractivity contribution in [3.63, 3.8) is 0 Å². The quantitative estimate of drug-likeness (QED) is 0.603. The lowest BCUT2D eigenvalue weighted by Gasteiger charge is -2.41. The summed E-state index contributed by atoms with van der Waals surface area (Å²) in [4.78, 5) is 12.3. The Balaban J connectivity index is 1.89. The van der Waals surface area contributed by atoms with Crippen LogP contribution in [-0.2, 0) is 21.3 Å². The monoisotopic (exact) mass is 422 g/mol. The van der Waals surface area contributed by atoms with Gasteiger partial charge < -0.3 is 9.26 Å². The Hall–Kier alpha value is -1.52. The smallest absolute Gasteiger partial charge is 0.425 e. The van der Waals surface area contributed by atoms with Gasteiger partial charge in [0.2, 0.25) is 0 Å². The van der Waals surface area contributed by atoms with Gasteiger partial charge in [-0.15, -0.1) is 0 Å². The maximum atomic E-state index is 13.9. The van der Waals surface area contributed by atoms with E-state index >= 15 is 0 Å². The zero-order valence-corrected chi connectivity index (χ0v) is 19.3. The molecule has 1 amide bonds. The molecule has 0 spiro atoms. The van der Waals surface area contributed by atoms with Crippen molar-refractivity contribution in [1.82, 2.24) is 9.76 Å². The Morgan fingerprint density at radius 1 is 1.28 bits per heavy atom. The minimum absolute atomic E-state index is 0.0186. The van der Waals surface area contributed by atoms with Crippen molar-refractivity contribution in [2.24, 2.45) is 5.92 Å². The van der Waals surface area contributed by atoms with Crippen molar-refractivity contribution in [3.8, 4) is 5.75 Å². The molecule has 1 aromatic carbocycles. The van der Waals surface area contributed by atoms with Gasteiger partial charge in [0.15, 0.2) is 0 Å². The van der Waals surface area contributed by atoms with Crippen LogP contribution in [0.4, 0.5) is 4.79 Å². The summed E-state index contributed by atoms with van der Waals surface area (Å²) in [6, 6.07) is 6.16. The van der Waals surface area contributed by atoms with Gasteiger partial charge in [-0.05, 0) is 35.8 Å². The van der Waals surface area contributed by atoms with Crippen LogP contribution in [0.5, 0.6) is 5.75 Å². The lowest BCUT2D eigenvalue weighted by atomic mass is 9.86. The van der Waals surface area contributed by atoms with Crippen molar-refractivity contribution < 1.29 is 18.6 Å². The van der Waals surface area contributed by atoms with E-state index in [0.29, 0.717) is 12.3 Å². The number of benzene rings is 1. The molecule has 0 radical (unpaired) electrons. The summed E-state index contributed by atoms with van der Waals surface area (Å²) in [6.07, 6.45) is 4.65. The van der Waals surface area contributed by atoms with Gasteiger partial charge >= 0.3 is 13.8 Å². The van der Waals surface area contributed by atoms with E-state index in [9.17, 15) is 9.36 Å². The molecule has 1 unspecified atom stereocenters. The number of nitrogens with zero attached hydrogens (tertiary/aromatic N) is 1. The fourth-order valence-corrected chi connectivity index (χ4v) is 5.93. The SMILES string of the molecule is CC(C)COC(=O)NP1(=O)Oc2ccc(C(C)(C)C)cc2CN1C1CCCCC1. The lowest BCUT2D eigenvalue weighted by Crippen LogP contribution is -2.43. The van der Waals surface area contributed by atoms with Crippen LogP contribution >= 0.6 is 7.67 Å². The Morgan fingerprint density at radius 3 is 2.59 bits per heavy atom. The van der Waals surface area contributed by atoms with Crippen LogP contribution in [0.25, 0.3) is 0 Å². The first-order chi connectivity index (χ1) is 13.6. The second-order valence-electron chi connectivity index (χ2n) is 9.68. The number of rotatable bonds is 4. The highest BCUT2D eigenvalue weighted by atomic mass is 31.2. The summed E-state index contributed by atoms with van der Waals surface area (Å²) < 4.78 is 27.0. The Morgan fingerprint density at radius 2 is 1.97 bits per heavy atom. The number of hydrogen-bond donors (Lipinski definition) is 1. The standard InChI is InChI=1S/C22H35N2O4P/c1-16(2)15-27-21(25)23-29(26)24(19-9-7-6-8-10-19)14-17-13-18(22(3,4)5)11-12-20(17)28-29/h11-13,16,19H,6-10,14-15H2,1-5H3,(H,23,25,26). The molecule has 1 heterocycles. The van der Waals surface area contributed by atoms with E-state index in [1.165, 1.54) is 12.0 Å². The first-order valence-corrected chi connectivity index (χ1v) is 12.3. The lowest BCUT2D eigenvalue weighted by molar-refractivity contribution is 0.134. The van der Waals surface area contributed by atoms with E-state index < -0.39 is 13.8 Å². The van der Waals surface area contributed by atoms with E-state index in [2.05, 4.69) is 31.9 Å². The van der Waals surface area contributed by atoms with Gasteiger partial charge in [0.1, 0.15) is 5.75 Å². The number of carbonyl (C=O) groups is 1. The fraction of sp³-hybridized carbons (Fsp3) is 0.682. The van der Waals surface area contributed by atoms with Crippen LogP contribution in [0.2, 0.25) is 0 Å². The van der Waals surface area contributed by atoms with E-state index in [-0.39, 0.29) is 24.0 Å². The summed E-state index contributed by atoms with van der Waals surface area (Å²) in [5.74, 6) is 0.789. The predicted molar refractivity (Wildman–Crippen MR) is 115 cm³/mol. The molecule has 162 valence electrons. The first kappa shape index (κ1) is 22.2. The molecule has 6 nitrogen and oxygen atoms in total. The highest BCUT2D eigenvalue weighted by Crippen LogP contribution is 2.55. The third-order valence-electron chi connectivity index (χ3n) is 5.60. The highest BCUT2D eigenvalue weighted by Gasteiger charge is 2.44. The second kappa shape index (κ2) is 8.69. The van der Waals surface area contributed by atoms with Gasteiger partial charge in [-0.3, -0.25) is 0 Å². The van der Waals surface area contributed by atoms with Crippen molar-refractivity contribution in [1.29, 1.82) is 0 Å². The molecule has 1 fully saturated rings. The summed E-state index contributed by atoms with van der Waals surface area (Å²) in [7, 11) is -3.59. The number of carbonyl (C=O) groups excluding carboxylic acids is 1. The molecular weight excluding hydrogens is 387 g/mol. The molecule has 29 heavy (non-hydrogen) atoms. The van der Waals surface area contributed by atoms with Crippen LogP contribution < -0.4 is 9.61 Å². The summed E-state index contributed by atoms with van der Waals surface area (Å²) in [5, 5.41) is 2.58. The van der Waals surface area contributed by atoms with E-state index in [1.807, 2.05) is 30.7 Å². The average molecular weight is 423 g/mol. The zero-order chi connectivity index (χ0) is 21.2. The second-order valence-corrected chi connectivity index (χ2v) is 11.6. The van der Waals surface area contributed by atoms with Crippen molar-refractivity contribution in [2.45, 2.75) is 84.7 Å². The van der Waals surface area contributed by atoms with Crippen LogP contribution in [0.3, 0.4) is 0 Å². The molecule has 1 aliphatic heterocycles. The molecule has 1 N–H and O–H groups in total. The maximum absolute atomic E-state index is 13.9. The Labute approximate surface area is 174 Å².